The molecule has 0 aromatic heterocycles. The molecule has 2 aromatic carbocycles. The first kappa shape index (κ1) is 13.8. The van der Waals surface area contributed by atoms with Crippen LogP contribution in [0.5, 0.6) is 0 Å². The summed E-state index contributed by atoms with van der Waals surface area (Å²) in [6.07, 6.45) is 0. The summed E-state index contributed by atoms with van der Waals surface area (Å²) >= 11 is 0. The molecule has 2 aromatic rings. The Labute approximate surface area is 125 Å². The van der Waals surface area contributed by atoms with Crippen LogP contribution >= 0.6 is 0 Å². The lowest BCUT2D eigenvalue weighted by Gasteiger charge is -2.28. The maximum absolute atomic E-state index is 11.5. The number of carbonyl (C=O) groups excluding carboxylic acids is 1. The molecule has 0 bridgehead atoms. The zero-order valence-corrected chi connectivity index (χ0v) is 12.5. The monoisotopic (exact) mass is 280 g/mol. The third-order valence-electron chi connectivity index (χ3n) is 4.35. The van der Waals surface area contributed by atoms with Crippen LogP contribution in [0, 0.1) is 0 Å². The molecule has 2 N–H and O–H groups in total. The van der Waals surface area contributed by atoms with E-state index in [1.54, 1.807) is 0 Å². The number of primary amides is 1. The van der Waals surface area contributed by atoms with Crippen molar-refractivity contribution in [3.8, 4) is 11.1 Å². The Balaban J connectivity index is 2.21. The molecule has 0 aliphatic heterocycles. The largest absolute Gasteiger partial charge is 0.366 e. The van der Waals surface area contributed by atoms with Gasteiger partial charge in [0.25, 0.3) is 0 Å². The van der Waals surface area contributed by atoms with Gasteiger partial charge in [0, 0.05) is 5.56 Å². The molecule has 0 radical (unpaired) electrons. The molecule has 3 rings (SSSR count). The highest BCUT2D eigenvalue weighted by atomic mass is 16.1. The number of rotatable bonds is 4. The van der Waals surface area contributed by atoms with E-state index in [1.807, 2.05) is 18.2 Å². The van der Waals surface area contributed by atoms with Gasteiger partial charge in [-0.3, -0.25) is 9.69 Å². The van der Waals surface area contributed by atoms with Crippen LogP contribution in [0.1, 0.15) is 41.4 Å². The fourth-order valence-corrected chi connectivity index (χ4v) is 3.32. The first-order chi connectivity index (χ1) is 10.2. The smallest absolute Gasteiger partial charge is 0.248 e. The van der Waals surface area contributed by atoms with Gasteiger partial charge in [-0.2, -0.15) is 0 Å². The van der Waals surface area contributed by atoms with Crippen molar-refractivity contribution in [2.75, 3.05) is 13.1 Å². The number of nitrogens with zero attached hydrogens (tertiary/aromatic N) is 1. The summed E-state index contributed by atoms with van der Waals surface area (Å²) in [6, 6.07) is 14.5. The second-order valence-electron chi connectivity index (χ2n) is 5.38. The molecule has 0 spiro atoms. The van der Waals surface area contributed by atoms with Gasteiger partial charge >= 0.3 is 0 Å². The predicted molar refractivity (Wildman–Crippen MR) is 85.2 cm³/mol. The number of amides is 1. The second kappa shape index (κ2) is 5.34. The highest BCUT2D eigenvalue weighted by Gasteiger charge is 2.31. The van der Waals surface area contributed by atoms with Crippen molar-refractivity contribution in [2.24, 2.45) is 5.73 Å². The maximum atomic E-state index is 11.5. The lowest BCUT2D eigenvalue weighted by Crippen LogP contribution is -2.28. The molecule has 0 fully saturated rings. The summed E-state index contributed by atoms with van der Waals surface area (Å²) in [4.78, 5) is 13.9. The standard InChI is InChI=1S/C18H20N2O/c1-3-20(4-2)17-15-8-6-5-7-13(15)14-10-9-12(18(19)21)11-16(14)17/h5-11,17H,3-4H2,1-2H3,(H2,19,21). The van der Waals surface area contributed by atoms with E-state index in [4.69, 9.17) is 5.73 Å². The zero-order valence-electron chi connectivity index (χ0n) is 12.5. The molecule has 0 heterocycles. The summed E-state index contributed by atoms with van der Waals surface area (Å²) in [5.74, 6) is -0.368. The molecule has 1 amide bonds. The number of benzene rings is 2. The van der Waals surface area contributed by atoms with Crippen molar-refractivity contribution in [2.45, 2.75) is 19.9 Å². The van der Waals surface area contributed by atoms with Gasteiger partial charge in [0.1, 0.15) is 0 Å². The van der Waals surface area contributed by atoms with Crippen LogP contribution in [0.25, 0.3) is 11.1 Å². The van der Waals surface area contributed by atoms with Crippen LogP contribution in [-0.2, 0) is 0 Å². The van der Waals surface area contributed by atoms with Crippen LogP contribution in [0.4, 0.5) is 0 Å². The quantitative estimate of drug-likeness (QED) is 0.935. The Morgan fingerprint density at radius 1 is 1.05 bits per heavy atom. The molecule has 108 valence electrons. The van der Waals surface area contributed by atoms with Crippen LogP contribution < -0.4 is 5.73 Å². The Hall–Kier alpha value is -2.13. The lowest BCUT2D eigenvalue weighted by molar-refractivity contribution is 0.1000. The molecule has 1 aliphatic carbocycles. The number of fused-ring (bicyclic) bond motifs is 3. The average Bonchev–Trinajstić information content (AvgIpc) is 2.83. The molecule has 1 atom stereocenters. The molecule has 21 heavy (non-hydrogen) atoms. The third-order valence-corrected chi connectivity index (χ3v) is 4.35. The molecule has 1 unspecified atom stereocenters. The number of carbonyl (C=O) groups is 1. The van der Waals surface area contributed by atoms with Crippen LogP contribution in [0.2, 0.25) is 0 Å². The summed E-state index contributed by atoms with van der Waals surface area (Å²) in [6.45, 7) is 6.27. The van der Waals surface area contributed by atoms with E-state index in [0.29, 0.717) is 5.56 Å². The minimum atomic E-state index is -0.368. The van der Waals surface area contributed by atoms with Gasteiger partial charge in [0.15, 0.2) is 0 Å². The fourth-order valence-electron chi connectivity index (χ4n) is 3.32. The van der Waals surface area contributed by atoms with Crippen molar-refractivity contribution in [1.29, 1.82) is 0 Å². The van der Waals surface area contributed by atoms with Crippen molar-refractivity contribution in [3.63, 3.8) is 0 Å². The predicted octanol–water partition coefficient (Wildman–Crippen LogP) is 3.20. The van der Waals surface area contributed by atoms with E-state index in [2.05, 4.69) is 43.0 Å². The highest BCUT2D eigenvalue weighted by molar-refractivity contribution is 5.94. The van der Waals surface area contributed by atoms with Gasteiger partial charge in [-0.1, -0.05) is 44.2 Å². The topological polar surface area (TPSA) is 46.3 Å². The summed E-state index contributed by atoms with van der Waals surface area (Å²) in [5, 5.41) is 0. The van der Waals surface area contributed by atoms with Gasteiger partial charge < -0.3 is 5.73 Å². The Kier molecular flexibility index (Phi) is 3.52. The van der Waals surface area contributed by atoms with Gasteiger partial charge in [0.2, 0.25) is 5.91 Å². The lowest BCUT2D eigenvalue weighted by atomic mass is 10.0. The third kappa shape index (κ3) is 2.14. The molecule has 3 heteroatoms. The molecular weight excluding hydrogens is 260 g/mol. The minimum Gasteiger partial charge on any atom is -0.366 e. The van der Waals surface area contributed by atoms with Gasteiger partial charge in [0.05, 0.1) is 6.04 Å². The van der Waals surface area contributed by atoms with E-state index < -0.39 is 0 Å². The maximum Gasteiger partial charge on any atom is 0.248 e. The Bertz CT molecular complexity index is 689. The van der Waals surface area contributed by atoms with Crippen molar-refractivity contribution in [3.05, 3.63) is 59.2 Å². The zero-order chi connectivity index (χ0) is 15.0. The number of hydrogen-bond donors (Lipinski definition) is 1. The molecule has 1 aliphatic rings. The average molecular weight is 280 g/mol. The molecule has 3 nitrogen and oxygen atoms in total. The first-order valence-electron chi connectivity index (χ1n) is 7.44. The SMILES string of the molecule is CCN(CC)C1c2ccccc2-c2ccc(C(N)=O)cc21. The van der Waals surface area contributed by atoms with E-state index in [-0.39, 0.29) is 11.9 Å². The van der Waals surface area contributed by atoms with Crippen molar-refractivity contribution < 1.29 is 4.79 Å². The molecular formula is C18H20N2O. The van der Waals surface area contributed by atoms with Crippen LogP contribution in [0.15, 0.2) is 42.5 Å². The fraction of sp³-hybridized carbons (Fsp3) is 0.278. The number of nitrogens with two attached hydrogens (primary N) is 1. The van der Waals surface area contributed by atoms with Gasteiger partial charge in [-0.05, 0) is 47.5 Å². The van der Waals surface area contributed by atoms with E-state index in [1.165, 1.54) is 22.3 Å². The second-order valence-corrected chi connectivity index (χ2v) is 5.38. The van der Waals surface area contributed by atoms with E-state index >= 15 is 0 Å². The first-order valence-corrected chi connectivity index (χ1v) is 7.44. The molecule has 0 saturated heterocycles. The number of hydrogen-bond acceptors (Lipinski definition) is 2. The van der Waals surface area contributed by atoms with Crippen LogP contribution in [-0.4, -0.2) is 23.9 Å². The van der Waals surface area contributed by atoms with Gasteiger partial charge in [-0.15, -0.1) is 0 Å². The normalized spacial score (nSPS) is 15.9. The van der Waals surface area contributed by atoms with E-state index in [0.717, 1.165) is 13.1 Å². The summed E-state index contributed by atoms with van der Waals surface area (Å²) in [7, 11) is 0. The molecule has 0 saturated carbocycles. The van der Waals surface area contributed by atoms with Gasteiger partial charge in [-0.25, -0.2) is 0 Å². The van der Waals surface area contributed by atoms with E-state index in [9.17, 15) is 4.79 Å². The van der Waals surface area contributed by atoms with Crippen molar-refractivity contribution >= 4 is 5.91 Å². The summed E-state index contributed by atoms with van der Waals surface area (Å²) in [5.41, 5.74) is 11.0. The van der Waals surface area contributed by atoms with Crippen molar-refractivity contribution in [1.82, 2.24) is 4.90 Å². The summed E-state index contributed by atoms with van der Waals surface area (Å²) < 4.78 is 0. The minimum absolute atomic E-state index is 0.213. The Morgan fingerprint density at radius 2 is 1.71 bits per heavy atom. The van der Waals surface area contributed by atoms with Crippen LogP contribution in [0.3, 0.4) is 0 Å². The highest BCUT2D eigenvalue weighted by Crippen LogP contribution is 2.46. The Morgan fingerprint density at radius 3 is 2.38 bits per heavy atom.